The number of nitrogens with zero attached hydrogens (tertiary/aromatic N) is 1. The Morgan fingerprint density at radius 1 is 1.31 bits per heavy atom. The lowest BCUT2D eigenvalue weighted by molar-refractivity contribution is 0.415. The fraction of sp³-hybridized carbons (Fsp3) is 0.308. The number of pyridine rings is 1. The van der Waals surface area contributed by atoms with Crippen LogP contribution in [0.1, 0.15) is 11.3 Å². The molecule has 2 rings (SSSR count). The van der Waals surface area contributed by atoms with Crippen LogP contribution in [0.2, 0.25) is 0 Å². The van der Waals surface area contributed by atoms with Gasteiger partial charge in [-0.3, -0.25) is 4.98 Å². The Morgan fingerprint density at radius 3 is 2.81 bits per heavy atom. The molecule has 3 heteroatoms. The Hall–Kier alpha value is -1.61. The van der Waals surface area contributed by atoms with Crippen molar-refractivity contribution in [3.05, 3.63) is 35.5 Å². The van der Waals surface area contributed by atoms with Crippen LogP contribution in [0.25, 0.3) is 10.9 Å². The van der Waals surface area contributed by atoms with E-state index in [1.807, 2.05) is 25.1 Å². The number of methoxy groups -OCH3 is 1. The van der Waals surface area contributed by atoms with Gasteiger partial charge in [0.05, 0.1) is 12.6 Å². The highest BCUT2D eigenvalue weighted by Gasteiger charge is 2.04. The number of nitrogens with two attached hydrogens (primary N) is 1. The Labute approximate surface area is 95.2 Å². The van der Waals surface area contributed by atoms with Crippen molar-refractivity contribution in [1.29, 1.82) is 0 Å². The highest BCUT2D eigenvalue weighted by molar-refractivity contribution is 5.84. The largest absolute Gasteiger partial charge is 0.497 e. The fourth-order valence-corrected chi connectivity index (χ4v) is 1.91. The maximum absolute atomic E-state index is 5.62. The number of fused-ring (bicyclic) bond motifs is 1. The van der Waals surface area contributed by atoms with Crippen LogP contribution in [0.4, 0.5) is 0 Å². The molecule has 16 heavy (non-hydrogen) atoms. The van der Waals surface area contributed by atoms with E-state index in [9.17, 15) is 0 Å². The van der Waals surface area contributed by atoms with Gasteiger partial charge in [-0.15, -0.1) is 0 Å². The lowest BCUT2D eigenvalue weighted by atomic mass is 10.0. The molecule has 0 saturated carbocycles. The molecule has 3 nitrogen and oxygen atoms in total. The molecule has 2 aromatic rings. The van der Waals surface area contributed by atoms with Crippen LogP contribution in [0.15, 0.2) is 24.3 Å². The number of aryl methyl sites for hydroxylation is 1. The summed E-state index contributed by atoms with van der Waals surface area (Å²) in [4.78, 5) is 4.50. The third kappa shape index (κ3) is 1.99. The molecule has 0 saturated heterocycles. The van der Waals surface area contributed by atoms with Gasteiger partial charge in [-0.1, -0.05) is 0 Å². The van der Waals surface area contributed by atoms with Crippen LogP contribution in [-0.4, -0.2) is 18.6 Å². The summed E-state index contributed by atoms with van der Waals surface area (Å²) in [6.07, 6.45) is 0.868. The van der Waals surface area contributed by atoms with Gasteiger partial charge in [0.25, 0.3) is 0 Å². The first-order valence-corrected chi connectivity index (χ1v) is 5.39. The second kappa shape index (κ2) is 4.49. The maximum atomic E-state index is 5.62. The van der Waals surface area contributed by atoms with E-state index < -0.39 is 0 Å². The number of aromatic nitrogens is 1. The molecular weight excluding hydrogens is 200 g/mol. The van der Waals surface area contributed by atoms with Crippen molar-refractivity contribution >= 4 is 10.9 Å². The van der Waals surface area contributed by atoms with Crippen LogP contribution < -0.4 is 10.5 Å². The second-order valence-electron chi connectivity index (χ2n) is 3.84. The molecule has 1 heterocycles. The fourth-order valence-electron chi connectivity index (χ4n) is 1.91. The van der Waals surface area contributed by atoms with Gasteiger partial charge in [-0.2, -0.15) is 0 Å². The minimum absolute atomic E-state index is 0.649. The summed E-state index contributed by atoms with van der Waals surface area (Å²) in [5.41, 5.74) is 8.89. The van der Waals surface area contributed by atoms with E-state index >= 15 is 0 Å². The van der Waals surface area contributed by atoms with Crippen molar-refractivity contribution in [1.82, 2.24) is 4.98 Å². The number of hydrogen-bond acceptors (Lipinski definition) is 3. The number of rotatable bonds is 3. The van der Waals surface area contributed by atoms with Crippen molar-refractivity contribution in [2.75, 3.05) is 13.7 Å². The predicted molar refractivity (Wildman–Crippen MR) is 65.8 cm³/mol. The molecule has 0 atom stereocenters. The van der Waals surface area contributed by atoms with Crippen molar-refractivity contribution in [3.63, 3.8) is 0 Å². The molecule has 84 valence electrons. The molecule has 0 aliphatic heterocycles. The van der Waals surface area contributed by atoms with E-state index in [2.05, 4.69) is 11.1 Å². The summed E-state index contributed by atoms with van der Waals surface area (Å²) in [7, 11) is 1.67. The molecule has 2 N–H and O–H groups in total. The zero-order chi connectivity index (χ0) is 11.5. The Morgan fingerprint density at radius 2 is 2.12 bits per heavy atom. The summed E-state index contributed by atoms with van der Waals surface area (Å²) < 4.78 is 5.23. The Bertz CT molecular complexity index is 509. The molecule has 1 aromatic heterocycles. The Balaban J connectivity index is 2.65. The van der Waals surface area contributed by atoms with E-state index in [4.69, 9.17) is 10.5 Å². The first kappa shape index (κ1) is 10.9. The minimum Gasteiger partial charge on any atom is -0.497 e. The van der Waals surface area contributed by atoms with Crippen molar-refractivity contribution in [3.8, 4) is 5.75 Å². The van der Waals surface area contributed by atoms with Gasteiger partial charge in [-0.05, 0) is 49.7 Å². The summed E-state index contributed by atoms with van der Waals surface area (Å²) in [6.45, 7) is 2.65. The first-order chi connectivity index (χ1) is 7.74. The van der Waals surface area contributed by atoms with Gasteiger partial charge < -0.3 is 10.5 Å². The average molecular weight is 216 g/mol. The van der Waals surface area contributed by atoms with Gasteiger partial charge in [-0.25, -0.2) is 0 Å². The van der Waals surface area contributed by atoms with Gasteiger partial charge >= 0.3 is 0 Å². The molecule has 0 bridgehead atoms. The molecule has 0 spiro atoms. The Kier molecular flexibility index (Phi) is 3.06. The molecule has 0 radical (unpaired) electrons. The average Bonchev–Trinajstić information content (AvgIpc) is 2.29. The van der Waals surface area contributed by atoms with E-state index in [1.54, 1.807) is 7.11 Å². The van der Waals surface area contributed by atoms with Crippen molar-refractivity contribution in [2.24, 2.45) is 5.73 Å². The summed E-state index contributed by atoms with van der Waals surface area (Å²) >= 11 is 0. The van der Waals surface area contributed by atoms with Crippen LogP contribution in [0, 0.1) is 6.92 Å². The van der Waals surface area contributed by atoms with Gasteiger partial charge in [0.1, 0.15) is 5.75 Å². The zero-order valence-corrected chi connectivity index (χ0v) is 9.66. The van der Waals surface area contributed by atoms with Crippen LogP contribution in [-0.2, 0) is 6.42 Å². The lowest BCUT2D eigenvalue weighted by Gasteiger charge is -2.08. The summed E-state index contributed by atoms with van der Waals surface area (Å²) in [6, 6.07) is 8.03. The van der Waals surface area contributed by atoms with Crippen LogP contribution in [0.5, 0.6) is 5.75 Å². The van der Waals surface area contributed by atoms with Gasteiger partial charge in [0.15, 0.2) is 0 Å². The van der Waals surface area contributed by atoms with E-state index in [0.29, 0.717) is 6.54 Å². The number of benzene rings is 1. The SMILES string of the molecule is COc1ccc2nc(C)cc(CCN)c2c1. The monoisotopic (exact) mass is 216 g/mol. The van der Waals surface area contributed by atoms with Crippen molar-refractivity contribution < 1.29 is 4.74 Å². The highest BCUT2D eigenvalue weighted by atomic mass is 16.5. The normalized spacial score (nSPS) is 10.7. The second-order valence-corrected chi connectivity index (χ2v) is 3.84. The van der Waals surface area contributed by atoms with Crippen LogP contribution in [0.3, 0.4) is 0 Å². The van der Waals surface area contributed by atoms with Crippen molar-refractivity contribution in [2.45, 2.75) is 13.3 Å². The molecule has 1 aromatic carbocycles. The quantitative estimate of drug-likeness (QED) is 0.854. The summed E-state index contributed by atoms with van der Waals surface area (Å²) in [5.74, 6) is 0.858. The predicted octanol–water partition coefficient (Wildman–Crippen LogP) is 2.05. The minimum atomic E-state index is 0.649. The third-order valence-corrected chi connectivity index (χ3v) is 2.64. The molecule has 0 amide bonds. The van der Waals surface area contributed by atoms with E-state index in [-0.39, 0.29) is 0 Å². The summed E-state index contributed by atoms with van der Waals surface area (Å²) in [5, 5.41) is 1.13. The lowest BCUT2D eigenvalue weighted by Crippen LogP contribution is -2.04. The standard InChI is InChI=1S/C13H16N2O/c1-9-7-10(5-6-14)12-8-11(16-2)3-4-13(12)15-9/h3-4,7-8H,5-6,14H2,1-2H3. The van der Waals surface area contributed by atoms with E-state index in [0.717, 1.165) is 28.8 Å². The van der Waals surface area contributed by atoms with Gasteiger partial charge in [0, 0.05) is 11.1 Å². The smallest absolute Gasteiger partial charge is 0.119 e. The molecular formula is C13H16N2O. The molecule has 0 aliphatic rings. The molecule has 0 aliphatic carbocycles. The molecule has 0 fully saturated rings. The van der Waals surface area contributed by atoms with E-state index in [1.165, 1.54) is 5.56 Å². The third-order valence-electron chi connectivity index (χ3n) is 2.64. The topological polar surface area (TPSA) is 48.1 Å². The number of hydrogen-bond donors (Lipinski definition) is 1. The van der Waals surface area contributed by atoms with Crippen LogP contribution >= 0.6 is 0 Å². The van der Waals surface area contributed by atoms with Gasteiger partial charge in [0.2, 0.25) is 0 Å². The zero-order valence-electron chi connectivity index (χ0n) is 9.66. The maximum Gasteiger partial charge on any atom is 0.119 e. The number of ether oxygens (including phenoxy) is 1. The first-order valence-electron chi connectivity index (χ1n) is 5.39. The highest BCUT2D eigenvalue weighted by Crippen LogP contribution is 2.23. The molecule has 0 unspecified atom stereocenters.